The molecular formula is C9H11NO2. The van der Waals surface area contributed by atoms with Crippen molar-refractivity contribution in [2.45, 2.75) is 12.8 Å². The van der Waals surface area contributed by atoms with Crippen molar-refractivity contribution >= 4 is 6.29 Å². The molecule has 0 spiro atoms. The van der Waals surface area contributed by atoms with Gasteiger partial charge in [0.05, 0.1) is 7.11 Å². The highest BCUT2D eigenvalue weighted by molar-refractivity contribution is 5.63. The summed E-state index contributed by atoms with van der Waals surface area (Å²) in [5, 5.41) is 0. The van der Waals surface area contributed by atoms with Gasteiger partial charge in [-0.2, -0.15) is 0 Å². The van der Waals surface area contributed by atoms with Gasteiger partial charge in [-0.25, -0.2) is 0 Å². The van der Waals surface area contributed by atoms with Crippen molar-refractivity contribution in [2.24, 2.45) is 0 Å². The summed E-state index contributed by atoms with van der Waals surface area (Å²) >= 11 is 0. The van der Waals surface area contributed by atoms with Crippen LogP contribution in [0, 0.1) is 0 Å². The zero-order chi connectivity index (χ0) is 8.97. The number of methoxy groups -OCH3 is 1. The number of carbonyl (C=O) groups is 1. The van der Waals surface area contributed by atoms with E-state index >= 15 is 0 Å². The number of hydrogen-bond donors (Lipinski definition) is 0. The number of pyridine rings is 1. The number of aromatic nitrogens is 1. The largest absolute Gasteiger partial charge is 0.496 e. The second kappa shape index (κ2) is 3.85. The first-order valence-corrected chi connectivity index (χ1v) is 3.72. The van der Waals surface area contributed by atoms with Crippen molar-refractivity contribution in [3.8, 4) is 5.75 Å². The molecule has 12 heavy (non-hydrogen) atoms. The van der Waals surface area contributed by atoms with Crippen LogP contribution in [0.1, 0.15) is 18.4 Å². The van der Waals surface area contributed by atoms with Gasteiger partial charge in [-0.05, 0) is 6.07 Å². The molecule has 0 bridgehead atoms. The maximum Gasteiger partial charge on any atom is 0.127 e. The third-order valence-electron chi connectivity index (χ3n) is 1.72. The first kappa shape index (κ1) is 8.71. The second-order valence-electron chi connectivity index (χ2n) is 2.54. The summed E-state index contributed by atoms with van der Waals surface area (Å²) in [5.74, 6) is 0.554. The SMILES string of the molecule is COc1ccncc1C(C)C=O. The lowest BCUT2D eigenvalue weighted by Gasteiger charge is -2.08. The van der Waals surface area contributed by atoms with Crippen LogP contribution in [-0.2, 0) is 4.79 Å². The van der Waals surface area contributed by atoms with Crippen LogP contribution < -0.4 is 4.74 Å². The molecule has 1 aromatic heterocycles. The minimum atomic E-state index is -0.159. The Morgan fingerprint density at radius 2 is 2.42 bits per heavy atom. The van der Waals surface area contributed by atoms with Crippen LogP contribution in [0.4, 0.5) is 0 Å². The van der Waals surface area contributed by atoms with E-state index in [1.165, 1.54) is 0 Å². The van der Waals surface area contributed by atoms with E-state index in [-0.39, 0.29) is 5.92 Å². The van der Waals surface area contributed by atoms with E-state index in [1.807, 2.05) is 6.92 Å². The zero-order valence-corrected chi connectivity index (χ0v) is 7.15. The van der Waals surface area contributed by atoms with Gasteiger partial charge in [-0.15, -0.1) is 0 Å². The van der Waals surface area contributed by atoms with Gasteiger partial charge in [0.25, 0.3) is 0 Å². The second-order valence-corrected chi connectivity index (χ2v) is 2.54. The molecule has 1 aromatic rings. The third kappa shape index (κ3) is 1.61. The Balaban J connectivity index is 3.04. The molecule has 0 radical (unpaired) electrons. The zero-order valence-electron chi connectivity index (χ0n) is 7.15. The maximum absolute atomic E-state index is 10.5. The quantitative estimate of drug-likeness (QED) is 0.635. The molecule has 3 heteroatoms. The first-order chi connectivity index (χ1) is 5.79. The lowest BCUT2D eigenvalue weighted by Crippen LogP contribution is -1.98. The molecule has 0 aliphatic carbocycles. The summed E-state index contributed by atoms with van der Waals surface area (Å²) < 4.78 is 5.07. The Morgan fingerprint density at radius 3 is 3.00 bits per heavy atom. The van der Waals surface area contributed by atoms with E-state index < -0.39 is 0 Å². The predicted octanol–water partition coefficient (Wildman–Crippen LogP) is 1.39. The molecule has 0 fully saturated rings. The highest BCUT2D eigenvalue weighted by Gasteiger charge is 2.09. The van der Waals surface area contributed by atoms with Gasteiger partial charge in [0.15, 0.2) is 0 Å². The molecule has 0 aliphatic rings. The summed E-state index contributed by atoms with van der Waals surface area (Å²) in [6.45, 7) is 1.81. The molecule has 0 saturated heterocycles. The molecule has 1 atom stereocenters. The number of rotatable bonds is 3. The molecule has 64 valence electrons. The molecule has 0 aliphatic heterocycles. The number of nitrogens with zero attached hydrogens (tertiary/aromatic N) is 1. The Kier molecular flexibility index (Phi) is 2.80. The van der Waals surface area contributed by atoms with Crippen molar-refractivity contribution in [3.63, 3.8) is 0 Å². The highest BCUT2D eigenvalue weighted by Crippen LogP contribution is 2.23. The molecular weight excluding hydrogens is 154 g/mol. The van der Waals surface area contributed by atoms with Crippen LogP contribution in [0.25, 0.3) is 0 Å². The lowest BCUT2D eigenvalue weighted by atomic mass is 10.0. The van der Waals surface area contributed by atoms with Crippen LogP contribution in [0.2, 0.25) is 0 Å². The van der Waals surface area contributed by atoms with E-state index in [2.05, 4.69) is 4.98 Å². The van der Waals surface area contributed by atoms with Crippen molar-refractivity contribution in [1.29, 1.82) is 0 Å². The normalized spacial score (nSPS) is 12.2. The molecule has 0 amide bonds. The monoisotopic (exact) mass is 165 g/mol. The number of hydrogen-bond acceptors (Lipinski definition) is 3. The fourth-order valence-corrected chi connectivity index (χ4v) is 0.995. The Bertz CT molecular complexity index is 273. The summed E-state index contributed by atoms with van der Waals surface area (Å²) in [4.78, 5) is 14.4. The number of aldehydes is 1. The van der Waals surface area contributed by atoms with E-state index in [1.54, 1.807) is 25.6 Å². The van der Waals surface area contributed by atoms with Gasteiger partial charge >= 0.3 is 0 Å². The van der Waals surface area contributed by atoms with Crippen molar-refractivity contribution in [2.75, 3.05) is 7.11 Å². The maximum atomic E-state index is 10.5. The molecule has 1 heterocycles. The first-order valence-electron chi connectivity index (χ1n) is 3.72. The molecule has 1 rings (SSSR count). The van der Waals surface area contributed by atoms with Crippen LogP contribution in [0.15, 0.2) is 18.5 Å². The molecule has 0 saturated carbocycles. The van der Waals surface area contributed by atoms with E-state index in [0.29, 0.717) is 5.75 Å². The number of carbonyl (C=O) groups excluding carboxylic acids is 1. The van der Waals surface area contributed by atoms with Crippen LogP contribution in [0.3, 0.4) is 0 Å². The molecule has 1 unspecified atom stereocenters. The van der Waals surface area contributed by atoms with Gasteiger partial charge in [0, 0.05) is 23.9 Å². The van der Waals surface area contributed by atoms with Gasteiger partial charge in [0.1, 0.15) is 12.0 Å². The van der Waals surface area contributed by atoms with Gasteiger partial charge < -0.3 is 9.53 Å². The van der Waals surface area contributed by atoms with Crippen molar-refractivity contribution in [1.82, 2.24) is 4.98 Å². The van der Waals surface area contributed by atoms with Crippen LogP contribution >= 0.6 is 0 Å². The molecule has 0 aromatic carbocycles. The summed E-state index contributed by atoms with van der Waals surface area (Å²) in [5.41, 5.74) is 0.829. The standard InChI is InChI=1S/C9H11NO2/c1-7(6-11)8-5-10-4-3-9(8)12-2/h3-7H,1-2H3. The van der Waals surface area contributed by atoms with E-state index in [0.717, 1.165) is 11.8 Å². The highest BCUT2D eigenvalue weighted by atomic mass is 16.5. The van der Waals surface area contributed by atoms with E-state index in [9.17, 15) is 4.79 Å². The minimum Gasteiger partial charge on any atom is -0.496 e. The summed E-state index contributed by atoms with van der Waals surface area (Å²) in [6.07, 6.45) is 4.16. The molecule has 0 N–H and O–H groups in total. The minimum absolute atomic E-state index is 0.159. The third-order valence-corrected chi connectivity index (χ3v) is 1.72. The van der Waals surface area contributed by atoms with Gasteiger partial charge in [-0.1, -0.05) is 6.92 Å². The smallest absolute Gasteiger partial charge is 0.127 e. The fraction of sp³-hybridized carbons (Fsp3) is 0.333. The summed E-state index contributed by atoms with van der Waals surface area (Å²) in [7, 11) is 1.58. The average molecular weight is 165 g/mol. The average Bonchev–Trinajstić information content (AvgIpc) is 2.16. The lowest BCUT2D eigenvalue weighted by molar-refractivity contribution is -0.108. The van der Waals surface area contributed by atoms with Gasteiger partial charge in [-0.3, -0.25) is 4.98 Å². The topological polar surface area (TPSA) is 39.2 Å². The van der Waals surface area contributed by atoms with Crippen molar-refractivity contribution in [3.05, 3.63) is 24.0 Å². The Labute approximate surface area is 71.4 Å². The van der Waals surface area contributed by atoms with Crippen molar-refractivity contribution < 1.29 is 9.53 Å². The van der Waals surface area contributed by atoms with Crippen LogP contribution in [-0.4, -0.2) is 18.4 Å². The Hall–Kier alpha value is -1.38. The summed E-state index contributed by atoms with van der Waals surface area (Å²) in [6, 6.07) is 1.75. The van der Waals surface area contributed by atoms with Gasteiger partial charge in [0.2, 0.25) is 0 Å². The predicted molar refractivity (Wildman–Crippen MR) is 45.3 cm³/mol. The van der Waals surface area contributed by atoms with E-state index in [4.69, 9.17) is 4.74 Å². The Morgan fingerprint density at radius 1 is 1.67 bits per heavy atom. The van der Waals surface area contributed by atoms with Crippen LogP contribution in [0.5, 0.6) is 5.75 Å². The number of ether oxygens (including phenoxy) is 1. The fourth-order valence-electron chi connectivity index (χ4n) is 0.995. The molecule has 3 nitrogen and oxygen atoms in total.